The van der Waals surface area contributed by atoms with Crippen LogP contribution in [0.5, 0.6) is 0 Å². The van der Waals surface area contributed by atoms with Gasteiger partial charge in [-0.3, -0.25) is 14.4 Å². The first-order valence-electron chi connectivity index (χ1n) is 11.9. The molecule has 4 aromatic rings. The fourth-order valence-electron chi connectivity index (χ4n) is 4.13. The number of benzene rings is 2. The highest BCUT2D eigenvalue weighted by Gasteiger charge is 2.36. The number of ether oxygens (including phenoxy) is 1. The minimum Gasteiger partial charge on any atom is -0.463 e. The summed E-state index contributed by atoms with van der Waals surface area (Å²) in [6.45, 7) is 0.949. The lowest BCUT2D eigenvalue weighted by atomic mass is 10.1. The second-order valence-electron chi connectivity index (χ2n) is 8.64. The molecule has 0 saturated carbocycles. The molecule has 0 unspecified atom stereocenters. The standard InChI is InChI=1S/C28H24F2N4O5/c1-3-28(29,30)21-14-13-19-23(35)20(15-32-26(37)17-11-9-16(10-12-17)24(31)36)22(27(38)39-2)34(25(19)33-21)18-7-5-4-6-8-18/h4-14H,3,15H2,1-2H3,(H2,31,36)(H,32,37)/p+1. The Hall–Kier alpha value is -4.93. The summed E-state index contributed by atoms with van der Waals surface area (Å²) in [6, 6.07) is 16.3. The molecule has 0 bridgehead atoms. The Labute approximate surface area is 221 Å². The lowest BCUT2D eigenvalue weighted by molar-refractivity contribution is -0.387. The molecule has 4 N–H and O–H groups in total. The number of aromatic amines is 1. The molecule has 0 fully saturated rings. The molecule has 0 radical (unpaired) electrons. The van der Waals surface area contributed by atoms with Gasteiger partial charge >= 0.3 is 11.9 Å². The van der Waals surface area contributed by atoms with Crippen LogP contribution in [0.25, 0.3) is 16.7 Å². The zero-order chi connectivity index (χ0) is 28.3. The largest absolute Gasteiger partial charge is 0.463 e. The number of para-hydroxylation sites is 1. The Morgan fingerprint density at radius 2 is 1.64 bits per heavy atom. The molecule has 0 spiro atoms. The normalized spacial score (nSPS) is 11.3. The van der Waals surface area contributed by atoms with Gasteiger partial charge < -0.3 is 15.8 Å². The van der Waals surface area contributed by atoms with Crippen LogP contribution in [0.15, 0.2) is 71.5 Å². The van der Waals surface area contributed by atoms with E-state index in [1.165, 1.54) is 41.8 Å². The van der Waals surface area contributed by atoms with Crippen LogP contribution in [0, 0.1) is 0 Å². The molecule has 2 amide bonds. The number of rotatable bonds is 8. The number of carbonyl (C=O) groups excluding carboxylic acids is 3. The van der Waals surface area contributed by atoms with Crippen LogP contribution in [-0.2, 0) is 17.2 Å². The summed E-state index contributed by atoms with van der Waals surface area (Å²) in [4.78, 5) is 53.5. The van der Waals surface area contributed by atoms with Gasteiger partial charge in [0.25, 0.3) is 11.6 Å². The third kappa shape index (κ3) is 5.24. The third-order valence-electron chi connectivity index (χ3n) is 6.27. The number of fused-ring (bicyclic) bond motifs is 1. The highest BCUT2D eigenvalue weighted by Crippen LogP contribution is 2.29. The summed E-state index contributed by atoms with van der Waals surface area (Å²) in [5, 5.41) is 2.63. The second-order valence-corrected chi connectivity index (χ2v) is 8.64. The molecule has 0 aliphatic rings. The number of nitrogens with one attached hydrogen (secondary N) is 2. The number of halogens is 2. The maximum absolute atomic E-state index is 14.6. The van der Waals surface area contributed by atoms with E-state index in [0.29, 0.717) is 5.69 Å². The molecule has 2 aromatic carbocycles. The maximum Gasteiger partial charge on any atom is 0.379 e. The van der Waals surface area contributed by atoms with Gasteiger partial charge in [-0.05, 0) is 48.5 Å². The van der Waals surface area contributed by atoms with Crippen molar-refractivity contribution >= 4 is 28.8 Å². The molecule has 0 aliphatic carbocycles. The molecular weight excluding hydrogens is 510 g/mol. The Morgan fingerprint density at radius 3 is 2.23 bits per heavy atom. The van der Waals surface area contributed by atoms with E-state index in [1.54, 1.807) is 30.3 Å². The van der Waals surface area contributed by atoms with E-state index in [-0.39, 0.29) is 40.0 Å². The summed E-state index contributed by atoms with van der Waals surface area (Å²) in [7, 11) is 1.13. The van der Waals surface area contributed by atoms with Gasteiger partial charge in [-0.25, -0.2) is 9.78 Å². The molecule has 2 heterocycles. The van der Waals surface area contributed by atoms with Crippen molar-refractivity contribution in [3.8, 4) is 5.69 Å². The molecular formula is C28H25F2N4O5+. The van der Waals surface area contributed by atoms with Gasteiger partial charge in [0.15, 0.2) is 5.69 Å². The van der Waals surface area contributed by atoms with Crippen LogP contribution in [-0.4, -0.2) is 29.5 Å². The summed E-state index contributed by atoms with van der Waals surface area (Å²) in [6.07, 6.45) is -0.487. The van der Waals surface area contributed by atoms with Crippen molar-refractivity contribution in [2.75, 3.05) is 7.11 Å². The smallest absolute Gasteiger partial charge is 0.379 e. The molecule has 0 saturated heterocycles. The second kappa shape index (κ2) is 10.8. The van der Waals surface area contributed by atoms with Crippen molar-refractivity contribution < 1.29 is 32.9 Å². The predicted octanol–water partition coefficient (Wildman–Crippen LogP) is 3.12. The minimum atomic E-state index is -3.21. The van der Waals surface area contributed by atoms with Gasteiger partial charge in [-0.1, -0.05) is 25.1 Å². The van der Waals surface area contributed by atoms with Crippen LogP contribution < -0.4 is 21.5 Å². The number of esters is 1. The predicted molar refractivity (Wildman–Crippen MR) is 138 cm³/mol. The Kier molecular flexibility index (Phi) is 7.52. The highest BCUT2D eigenvalue weighted by atomic mass is 19.3. The maximum atomic E-state index is 14.6. The van der Waals surface area contributed by atoms with E-state index >= 15 is 0 Å². The topological polar surface area (TPSA) is 135 Å². The molecule has 11 heteroatoms. The molecule has 39 heavy (non-hydrogen) atoms. The fraction of sp³-hybridized carbons (Fsp3) is 0.179. The van der Waals surface area contributed by atoms with Gasteiger partial charge in [-0.2, -0.15) is 13.3 Å². The van der Waals surface area contributed by atoms with E-state index in [9.17, 15) is 28.0 Å². The lowest BCUT2D eigenvalue weighted by Crippen LogP contribution is -2.34. The lowest BCUT2D eigenvalue weighted by Gasteiger charge is -2.16. The molecule has 4 rings (SSSR count). The number of hydrogen-bond donors (Lipinski definition) is 2. The molecule has 0 aliphatic heterocycles. The SMILES string of the molecule is CCC(F)(F)c1ccc2c(=O)c(CNC(=O)c3ccc(C(N)=O)cc3)c(C(=O)OC)n(-c3ccccc3)c2[nH+]1. The quantitative estimate of drug-likeness (QED) is 0.334. The molecule has 200 valence electrons. The van der Waals surface area contributed by atoms with Crippen LogP contribution in [0.1, 0.15) is 55.8 Å². The number of nitrogens with two attached hydrogens (primary N) is 1. The molecule has 0 atom stereocenters. The van der Waals surface area contributed by atoms with Crippen LogP contribution in [0.2, 0.25) is 0 Å². The first-order chi connectivity index (χ1) is 18.6. The number of alkyl halides is 2. The summed E-state index contributed by atoms with van der Waals surface area (Å²) in [5.41, 5.74) is 4.56. The fourth-order valence-corrected chi connectivity index (χ4v) is 4.13. The van der Waals surface area contributed by atoms with E-state index < -0.39 is 41.2 Å². The Balaban J connectivity index is 1.91. The van der Waals surface area contributed by atoms with Crippen molar-refractivity contribution in [2.45, 2.75) is 25.8 Å². The number of primary amides is 1. The Bertz CT molecular complexity index is 1630. The van der Waals surface area contributed by atoms with Gasteiger partial charge in [0.05, 0.1) is 19.2 Å². The molecule has 2 aromatic heterocycles. The first-order valence-corrected chi connectivity index (χ1v) is 11.9. The van der Waals surface area contributed by atoms with Crippen LogP contribution >= 0.6 is 0 Å². The zero-order valence-electron chi connectivity index (χ0n) is 21.1. The van der Waals surface area contributed by atoms with Gasteiger partial charge in [0.2, 0.25) is 17.0 Å². The number of H-pyrrole nitrogens is 1. The number of aromatic nitrogens is 2. The summed E-state index contributed by atoms with van der Waals surface area (Å²) in [5.74, 6) is -5.36. The average Bonchev–Trinajstić information content (AvgIpc) is 2.96. The average molecular weight is 536 g/mol. The third-order valence-corrected chi connectivity index (χ3v) is 6.27. The molecule has 9 nitrogen and oxygen atoms in total. The van der Waals surface area contributed by atoms with Crippen LogP contribution in [0.3, 0.4) is 0 Å². The van der Waals surface area contributed by atoms with Crippen molar-refractivity contribution in [3.63, 3.8) is 0 Å². The number of nitrogens with zero attached hydrogens (tertiary/aromatic N) is 1. The first kappa shape index (κ1) is 27.1. The van der Waals surface area contributed by atoms with Gasteiger partial charge in [-0.15, -0.1) is 0 Å². The van der Waals surface area contributed by atoms with Crippen molar-refractivity contribution in [3.05, 3.63) is 105 Å². The highest BCUT2D eigenvalue weighted by molar-refractivity contribution is 5.98. The number of amides is 2. The minimum absolute atomic E-state index is 0.0252. The monoisotopic (exact) mass is 535 g/mol. The van der Waals surface area contributed by atoms with Crippen molar-refractivity contribution in [1.82, 2.24) is 9.88 Å². The van der Waals surface area contributed by atoms with E-state index in [2.05, 4.69) is 10.3 Å². The van der Waals surface area contributed by atoms with E-state index in [0.717, 1.165) is 13.2 Å². The van der Waals surface area contributed by atoms with E-state index in [4.69, 9.17) is 10.5 Å². The number of carbonyl (C=O) groups is 3. The zero-order valence-corrected chi connectivity index (χ0v) is 21.1. The Morgan fingerprint density at radius 1 is 1.00 bits per heavy atom. The van der Waals surface area contributed by atoms with Crippen molar-refractivity contribution in [1.29, 1.82) is 0 Å². The van der Waals surface area contributed by atoms with Crippen molar-refractivity contribution in [2.24, 2.45) is 5.73 Å². The van der Waals surface area contributed by atoms with E-state index in [1.807, 2.05) is 0 Å². The van der Waals surface area contributed by atoms with Crippen LogP contribution in [0.4, 0.5) is 8.78 Å². The number of hydrogen-bond acceptors (Lipinski definition) is 5. The number of methoxy groups -OCH3 is 1. The number of pyridine rings is 2. The summed E-state index contributed by atoms with van der Waals surface area (Å²) >= 11 is 0. The van der Waals surface area contributed by atoms with Gasteiger partial charge in [0.1, 0.15) is 11.1 Å². The van der Waals surface area contributed by atoms with Gasteiger partial charge in [0, 0.05) is 17.5 Å². The summed E-state index contributed by atoms with van der Waals surface area (Å²) < 4.78 is 35.5.